The monoisotopic (exact) mass is 1540 g/mol. The number of carbonyl (C=O) groups excluding carboxylic acids is 8. The summed E-state index contributed by atoms with van der Waals surface area (Å²) in [5, 5.41) is 105. The number of nitrogens with one attached hydrogen (secondary N) is 6. The molecule has 0 aliphatic carbocycles. The van der Waals surface area contributed by atoms with Crippen molar-refractivity contribution in [3.8, 4) is 47.4 Å². The summed E-state index contributed by atoms with van der Waals surface area (Å²) in [5.41, 5.74) is 4.84. The van der Waals surface area contributed by atoms with Gasteiger partial charge in [0.05, 0.1) is 114 Å². The van der Waals surface area contributed by atoms with Crippen molar-refractivity contribution in [2.24, 2.45) is 0 Å². The van der Waals surface area contributed by atoms with Gasteiger partial charge in [-0.15, -0.1) is 0 Å². The number of carboxylic acids is 8. The molecule has 0 amide bonds. The zero-order chi connectivity index (χ0) is 72.0. The van der Waals surface area contributed by atoms with Gasteiger partial charge in [-0.1, -0.05) is 108 Å². The van der Waals surface area contributed by atoms with Crippen LogP contribution in [0.3, 0.4) is 0 Å². The van der Waals surface area contributed by atoms with E-state index in [0.717, 1.165) is 0 Å². The Morgan fingerprint density at radius 1 is 0.188 bits per heavy atom. The second-order valence-electron chi connectivity index (χ2n) is 24.6. The minimum Gasteiger partial charge on any atom is -0.545 e. The molecule has 0 radical (unpaired) electrons. The molecule has 0 fully saturated rings. The van der Waals surface area contributed by atoms with Crippen molar-refractivity contribution in [3.63, 3.8) is 0 Å². The average molecular weight is 1540 g/mol. The molecule has 0 aliphatic rings. The molecule has 0 saturated heterocycles. The van der Waals surface area contributed by atoms with Crippen LogP contribution in [0.1, 0.15) is 127 Å². The molecule has 0 aliphatic heterocycles. The SMILES string of the molecule is O=C([O-])c1cccc(C#Cc2cc(C(=O)[O-])cc3c2[nH]c2c3ccc3c4cc(C(=O)[O-])cc(C#Cc5cc(C(=O)[O-])cc6c5[nH]c5c6ccc6c7cc(C(=O)[O-])cc(C#Cc8cc(C(=O)[O-])cc9c8[nH]c8c9ccc9c%10cc(C(=O)[O-])cc(C#Cc%11cccc(C(=O)[O-])c%11)c%10[nH]c98)c7[nH]c65)c4[nH]c32)c1.[Na+].[Na+].[Na+].[Na+].[Na+].[Na+].[Na+].[Na+]. The van der Waals surface area contributed by atoms with Crippen molar-refractivity contribution in [3.05, 3.63) is 247 Å². The Morgan fingerprint density at radius 2 is 0.357 bits per heavy atom. The first-order chi connectivity index (χ1) is 50.1. The molecular weight excluding hydrogens is 1510 g/mol. The third-order valence-electron chi connectivity index (χ3n) is 18.6. The molecule has 17 rings (SSSR count). The topological polar surface area (TPSA) is 416 Å². The second-order valence-corrected chi connectivity index (χ2v) is 24.6. The summed E-state index contributed by atoms with van der Waals surface area (Å²) in [4.78, 5) is 119. The van der Waals surface area contributed by atoms with Crippen LogP contribution in [0.5, 0.6) is 0 Å². The standard InChI is InChI=1S/C82H40N6O16.8Na/c89-75(90)43-5-1-3-35(21-43)7-9-37-23-45(77(93)94)29-57-51-15-17-53-59-31-47(79(97)98)25-39(65(59)85-71(53)69(51)83-63(37)57)11-13-41-27-49(81(101)102)33-61-55-19-20-56-62-34-50(82(103)104)28-42(68(62)88-74(56)73(55)87-67(41)61)14-12-40-26-48(80(99)100)32-60-54-18-16-52-58-30-46(78(95)96)24-38(64(58)84-70(52)72(54)86-66(40)60)10-8-36-4-2-6-44(22-36)76(91)92;;;;;;;;/h1-6,15-34,83-88H,(H,89,90)(H,91,92)(H,93,94)(H,95,96)(H,97,98)(H,99,100)(H,101,102)(H,103,104);;;;;;;;/q;8*+1/p-8. The smallest absolute Gasteiger partial charge is 0.545 e. The van der Waals surface area contributed by atoms with Gasteiger partial charge in [-0.25, -0.2) is 0 Å². The van der Waals surface area contributed by atoms with Gasteiger partial charge >= 0.3 is 236 Å². The maximum absolute atomic E-state index is 12.8. The second kappa shape index (κ2) is 34.7. The summed E-state index contributed by atoms with van der Waals surface area (Å²) in [6.45, 7) is 0. The van der Waals surface area contributed by atoms with Crippen LogP contribution in [0.4, 0.5) is 0 Å². The van der Waals surface area contributed by atoms with Crippen LogP contribution in [0, 0.1) is 47.4 Å². The summed E-state index contributed by atoms with van der Waals surface area (Å²) in [7, 11) is 0. The predicted molar refractivity (Wildman–Crippen MR) is 367 cm³/mol. The van der Waals surface area contributed by atoms with Gasteiger partial charge in [-0.2, -0.15) is 0 Å². The van der Waals surface area contributed by atoms with Crippen LogP contribution >= 0.6 is 0 Å². The van der Waals surface area contributed by atoms with E-state index in [9.17, 15) is 79.2 Å². The molecule has 0 unspecified atom stereocenters. The van der Waals surface area contributed by atoms with Gasteiger partial charge in [0.15, 0.2) is 0 Å². The molecule has 6 heterocycles. The number of aromatic nitrogens is 6. The van der Waals surface area contributed by atoms with Crippen LogP contribution < -0.4 is 277 Å². The predicted octanol–water partition coefficient (Wildman–Crippen LogP) is -20.0. The van der Waals surface area contributed by atoms with Crippen LogP contribution in [0.25, 0.3) is 131 Å². The number of benzene rings is 11. The summed E-state index contributed by atoms with van der Waals surface area (Å²) < 4.78 is 0. The van der Waals surface area contributed by atoms with Gasteiger partial charge < -0.3 is 109 Å². The third kappa shape index (κ3) is 15.6. The normalized spacial score (nSPS) is 10.6. The van der Waals surface area contributed by atoms with Crippen LogP contribution in [-0.4, -0.2) is 77.7 Å². The number of rotatable bonds is 8. The molecule has 112 heavy (non-hydrogen) atoms. The maximum atomic E-state index is 12.8. The molecule has 11 aromatic carbocycles. The van der Waals surface area contributed by atoms with Crippen molar-refractivity contribution in [1.82, 2.24) is 29.9 Å². The molecule has 17 aromatic rings. The summed E-state index contributed by atoms with van der Waals surface area (Å²) in [6.07, 6.45) is 0. The van der Waals surface area contributed by atoms with Gasteiger partial charge in [-0.3, -0.25) is 0 Å². The largest absolute Gasteiger partial charge is 1.00 e. The van der Waals surface area contributed by atoms with Crippen molar-refractivity contribution in [2.45, 2.75) is 0 Å². The quantitative estimate of drug-likeness (QED) is 0.0608. The van der Waals surface area contributed by atoms with Crippen molar-refractivity contribution < 1.29 is 316 Å². The molecule has 494 valence electrons. The molecule has 22 nitrogen and oxygen atoms in total. The minimum atomic E-state index is -1.55. The van der Waals surface area contributed by atoms with Gasteiger partial charge in [-0.05, 0) is 142 Å². The van der Waals surface area contributed by atoms with E-state index < -0.39 is 47.8 Å². The molecule has 0 bridgehead atoms. The Balaban J connectivity index is 0.00000180. The number of carboxylic acid groups (broad SMARTS) is 8. The first-order valence-corrected chi connectivity index (χ1v) is 31.3. The third-order valence-corrected chi connectivity index (χ3v) is 18.6. The van der Waals surface area contributed by atoms with Crippen molar-refractivity contribution >= 4 is 179 Å². The minimum absolute atomic E-state index is 0. The average Bonchev–Trinajstić information content (AvgIpc) is 1.58. The zero-order valence-corrected chi connectivity index (χ0v) is 76.5. The van der Waals surface area contributed by atoms with E-state index in [-0.39, 0.29) is 314 Å². The number of carbonyl (C=O) groups is 8. The Hall–Kier alpha value is -7.78. The molecule has 0 atom stereocenters. The first kappa shape index (κ1) is 88.2. The number of H-pyrrole nitrogens is 6. The molecule has 6 aromatic heterocycles. The summed E-state index contributed by atoms with van der Waals surface area (Å²) in [5.74, 6) is 12.0. The molecule has 6 N–H and O–H groups in total. The molecule has 0 saturated carbocycles. The van der Waals surface area contributed by atoms with Gasteiger partial charge in [0.1, 0.15) is 0 Å². The van der Waals surface area contributed by atoms with E-state index in [1.54, 1.807) is 48.5 Å². The number of fused-ring (bicyclic) bond motifs is 21. The number of hydrogen-bond acceptors (Lipinski definition) is 16. The van der Waals surface area contributed by atoms with Crippen LogP contribution in [-0.2, 0) is 0 Å². The Bertz CT molecular complexity index is 6910. The van der Waals surface area contributed by atoms with Gasteiger partial charge in [0.25, 0.3) is 0 Å². The fourth-order valence-electron chi connectivity index (χ4n) is 13.9. The van der Waals surface area contributed by atoms with Crippen LogP contribution in [0.2, 0.25) is 0 Å². The Kier molecular flexibility index (Phi) is 27.3. The van der Waals surface area contributed by atoms with Crippen LogP contribution in [0.15, 0.2) is 158 Å². The first-order valence-electron chi connectivity index (χ1n) is 31.3. The van der Waals surface area contributed by atoms with E-state index in [0.29, 0.717) is 142 Å². The molecule has 0 spiro atoms. The van der Waals surface area contributed by atoms with Crippen molar-refractivity contribution in [1.29, 1.82) is 0 Å². The van der Waals surface area contributed by atoms with Gasteiger partial charge in [0, 0.05) is 109 Å². The fourth-order valence-corrected chi connectivity index (χ4v) is 13.9. The maximum Gasteiger partial charge on any atom is 1.00 e. The van der Waals surface area contributed by atoms with E-state index in [1.165, 1.54) is 109 Å². The number of aromatic amines is 6. The number of aromatic carboxylic acids is 8. The van der Waals surface area contributed by atoms with E-state index in [4.69, 9.17) is 0 Å². The van der Waals surface area contributed by atoms with Crippen molar-refractivity contribution in [2.75, 3.05) is 0 Å². The summed E-state index contributed by atoms with van der Waals surface area (Å²) >= 11 is 0. The summed E-state index contributed by atoms with van der Waals surface area (Å²) in [6, 6.07) is 38.0. The van der Waals surface area contributed by atoms with E-state index >= 15 is 0 Å². The van der Waals surface area contributed by atoms with E-state index in [2.05, 4.69) is 77.3 Å². The zero-order valence-electron chi connectivity index (χ0n) is 60.5. The van der Waals surface area contributed by atoms with Gasteiger partial charge in [0.2, 0.25) is 0 Å². The Morgan fingerprint density at radius 3 is 0.527 bits per heavy atom. The number of hydrogen-bond donors (Lipinski definition) is 6. The Labute approximate surface area is 806 Å². The molecule has 30 heteroatoms. The fraction of sp³-hybridized carbons (Fsp3) is 0. The van der Waals surface area contributed by atoms with E-state index in [1.807, 2.05) is 0 Å². The molecular formula is C82H32N6Na8O16.